The van der Waals surface area contributed by atoms with E-state index in [0.717, 1.165) is 51.6 Å². The van der Waals surface area contributed by atoms with Crippen LogP contribution in [0.4, 0.5) is 5.69 Å². The number of likely N-dealkylation sites (tertiary alicyclic amines) is 1. The van der Waals surface area contributed by atoms with E-state index in [2.05, 4.69) is 5.32 Å². The van der Waals surface area contributed by atoms with Crippen LogP contribution in [0.25, 0.3) is 0 Å². The molecule has 30 heavy (non-hydrogen) atoms. The Balaban J connectivity index is 1.58. The van der Waals surface area contributed by atoms with Crippen molar-refractivity contribution < 1.29 is 19.1 Å². The molecule has 7 nitrogen and oxygen atoms in total. The summed E-state index contributed by atoms with van der Waals surface area (Å²) in [5, 5.41) is 3.11. The van der Waals surface area contributed by atoms with Crippen LogP contribution in [-0.4, -0.2) is 53.9 Å². The molecule has 2 aliphatic heterocycles. The van der Waals surface area contributed by atoms with E-state index in [1.807, 2.05) is 0 Å². The average Bonchev–Trinajstić information content (AvgIpc) is 3.26. The second-order valence-electron chi connectivity index (χ2n) is 9.08. The molecule has 2 heterocycles. The number of fused-ring (bicyclic) bond motifs is 1. The van der Waals surface area contributed by atoms with E-state index in [4.69, 9.17) is 4.74 Å². The first-order chi connectivity index (χ1) is 14.3. The van der Waals surface area contributed by atoms with Crippen LogP contribution in [0.15, 0.2) is 18.2 Å². The number of rotatable bonds is 4. The molecule has 0 unspecified atom stereocenters. The summed E-state index contributed by atoms with van der Waals surface area (Å²) in [5.41, 5.74) is -0.0957. The Labute approximate surface area is 177 Å². The topological polar surface area (TPSA) is 79.0 Å². The van der Waals surface area contributed by atoms with Crippen molar-refractivity contribution in [1.29, 1.82) is 0 Å². The van der Waals surface area contributed by atoms with E-state index in [-0.39, 0.29) is 30.3 Å². The summed E-state index contributed by atoms with van der Waals surface area (Å²) in [6.45, 7) is 4.84. The Kier molecular flexibility index (Phi) is 5.71. The van der Waals surface area contributed by atoms with Gasteiger partial charge in [0.15, 0.2) is 5.60 Å². The number of hydrogen-bond acceptors (Lipinski definition) is 4. The number of carbonyl (C=O) groups excluding carboxylic acids is 3. The minimum Gasteiger partial charge on any atom is -0.476 e. The number of ether oxygens (including phenoxy) is 1. The van der Waals surface area contributed by atoms with Crippen molar-refractivity contribution in [2.45, 2.75) is 70.4 Å². The van der Waals surface area contributed by atoms with Gasteiger partial charge in [-0.1, -0.05) is 19.3 Å². The maximum Gasteiger partial charge on any atom is 0.271 e. The lowest BCUT2D eigenvalue weighted by Gasteiger charge is -2.39. The first-order valence-electron chi connectivity index (χ1n) is 11.1. The largest absolute Gasteiger partial charge is 0.476 e. The number of amides is 3. The Morgan fingerprint density at radius 3 is 2.50 bits per heavy atom. The van der Waals surface area contributed by atoms with E-state index < -0.39 is 5.60 Å². The Hall–Kier alpha value is -2.57. The number of carbonyl (C=O) groups is 3. The van der Waals surface area contributed by atoms with Gasteiger partial charge < -0.3 is 15.0 Å². The highest BCUT2D eigenvalue weighted by Gasteiger charge is 2.42. The molecular formula is C23H31N3O4. The third-order valence-electron chi connectivity index (χ3n) is 6.33. The highest BCUT2D eigenvalue weighted by atomic mass is 16.5. The van der Waals surface area contributed by atoms with Gasteiger partial charge in [-0.3, -0.25) is 19.3 Å². The lowest BCUT2D eigenvalue weighted by Crippen LogP contribution is -2.55. The van der Waals surface area contributed by atoms with Crippen LogP contribution in [0.3, 0.4) is 0 Å². The summed E-state index contributed by atoms with van der Waals surface area (Å²) in [7, 11) is 0. The minimum atomic E-state index is -1.07. The maximum absolute atomic E-state index is 13.1. The molecule has 1 saturated heterocycles. The number of nitrogens with zero attached hydrogens (tertiary/aromatic N) is 2. The van der Waals surface area contributed by atoms with Gasteiger partial charge in [0.1, 0.15) is 12.3 Å². The van der Waals surface area contributed by atoms with Crippen LogP contribution in [0, 0.1) is 0 Å². The van der Waals surface area contributed by atoms with E-state index in [1.54, 1.807) is 36.9 Å². The van der Waals surface area contributed by atoms with Crippen molar-refractivity contribution in [3.63, 3.8) is 0 Å². The first-order valence-corrected chi connectivity index (χ1v) is 11.1. The average molecular weight is 414 g/mol. The van der Waals surface area contributed by atoms with Crippen LogP contribution >= 0.6 is 0 Å². The zero-order valence-corrected chi connectivity index (χ0v) is 17.9. The van der Waals surface area contributed by atoms with Crippen molar-refractivity contribution in [2.24, 2.45) is 0 Å². The minimum absolute atomic E-state index is 0.0354. The zero-order valence-electron chi connectivity index (χ0n) is 17.9. The fraction of sp³-hybridized carbons (Fsp3) is 0.609. The molecule has 4 rings (SSSR count). The maximum atomic E-state index is 13.1. The molecule has 3 aliphatic rings. The number of hydrogen-bond donors (Lipinski definition) is 1. The van der Waals surface area contributed by atoms with Crippen LogP contribution in [0.2, 0.25) is 0 Å². The molecule has 1 N–H and O–H groups in total. The molecule has 0 spiro atoms. The first kappa shape index (κ1) is 20.7. The zero-order chi connectivity index (χ0) is 21.3. The predicted octanol–water partition coefficient (Wildman–Crippen LogP) is 2.88. The number of anilines is 1. The monoisotopic (exact) mass is 413 g/mol. The van der Waals surface area contributed by atoms with Gasteiger partial charge in [-0.15, -0.1) is 0 Å². The smallest absolute Gasteiger partial charge is 0.271 e. The Morgan fingerprint density at radius 2 is 1.80 bits per heavy atom. The fourth-order valence-corrected chi connectivity index (χ4v) is 4.58. The van der Waals surface area contributed by atoms with Gasteiger partial charge in [0, 0.05) is 24.7 Å². The van der Waals surface area contributed by atoms with E-state index in [0.29, 0.717) is 17.0 Å². The third-order valence-corrected chi connectivity index (χ3v) is 6.33. The Morgan fingerprint density at radius 1 is 1.10 bits per heavy atom. The van der Waals surface area contributed by atoms with Gasteiger partial charge in [-0.2, -0.15) is 0 Å². The third kappa shape index (κ3) is 4.16. The van der Waals surface area contributed by atoms with Crippen LogP contribution in [0.1, 0.15) is 69.2 Å². The summed E-state index contributed by atoms with van der Waals surface area (Å²) in [4.78, 5) is 42.0. The van der Waals surface area contributed by atoms with Gasteiger partial charge in [0.25, 0.3) is 11.8 Å². The lowest BCUT2D eigenvalue weighted by atomic mass is 9.95. The van der Waals surface area contributed by atoms with E-state index >= 15 is 0 Å². The summed E-state index contributed by atoms with van der Waals surface area (Å²) < 4.78 is 5.91. The SMILES string of the molecule is CC1(C)Oc2ccc(C(=O)NC3CCCCC3)cc2N(CC(=O)N2CCCC2)C1=O. The summed E-state index contributed by atoms with van der Waals surface area (Å²) in [6, 6.07) is 5.33. The molecule has 1 aromatic rings. The molecule has 1 saturated carbocycles. The predicted molar refractivity (Wildman–Crippen MR) is 114 cm³/mol. The molecule has 3 amide bonds. The Bertz CT molecular complexity index is 839. The van der Waals surface area contributed by atoms with Gasteiger partial charge in [0.2, 0.25) is 5.91 Å². The van der Waals surface area contributed by atoms with Gasteiger partial charge in [-0.05, 0) is 57.7 Å². The summed E-state index contributed by atoms with van der Waals surface area (Å²) >= 11 is 0. The number of benzene rings is 1. The van der Waals surface area contributed by atoms with Crippen molar-refractivity contribution >= 4 is 23.4 Å². The molecule has 0 radical (unpaired) electrons. The fourth-order valence-electron chi connectivity index (χ4n) is 4.58. The van der Waals surface area contributed by atoms with Crippen LogP contribution in [-0.2, 0) is 9.59 Å². The normalized spacial score (nSPS) is 21.2. The summed E-state index contributed by atoms with van der Waals surface area (Å²) in [6.07, 6.45) is 7.50. The molecular weight excluding hydrogens is 382 g/mol. The van der Waals surface area contributed by atoms with Gasteiger partial charge in [0.05, 0.1) is 5.69 Å². The van der Waals surface area contributed by atoms with E-state index in [9.17, 15) is 14.4 Å². The quantitative estimate of drug-likeness (QED) is 0.823. The molecule has 0 aromatic heterocycles. The van der Waals surface area contributed by atoms with Crippen molar-refractivity contribution in [2.75, 3.05) is 24.5 Å². The van der Waals surface area contributed by atoms with Gasteiger partial charge >= 0.3 is 0 Å². The van der Waals surface area contributed by atoms with Crippen LogP contribution in [0.5, 0.6) is 5.75 Å². The number of nitrogens with one attached hydrogen (secondary N) is 1. The molecule has 1 aromatic carbocycles. The molecule has 2 fully saturated rings. The van der Waals surface area contributed by atoms with Crippen LogP contribution < -0.4 is 15.0 Å². The lowest BCUT2D eigenvalue weighted by molar-refractivity contribution is -0.136. The molecule has 162 valence electrons. The molecule has 0 atom stereocenters. The van der Waals surface area contributed by atoms with Crippen molar-refractivity contribution in [1.82, 2.24) is 10.2 Å². The molecule has 1 aliphatic carbocycles. The molecule has 7 heteroatoms. The highest BCUT2D eigenvalue weighted by Crippen LogP contribution is 2.38. The second-order valence-corrected chi connectivity index (χ2v) is 9.08. The standard InChI is InChI=1S/C23H31N3O4/c1-23(2)22(29)26(15-20(27)25-12-6-7-13-25)18-14-16(10-11-19(18)30-23)21(28)24-17-8-4-3-5-9-17/h10-11,14,17H,3-9,12-13,15H2,1-2H3,(H,24,28). The highest BCUT2D eigenvalue weighted by molar-refractivity contribution is 6.07. The van der Waals surface area contributed by atoms with Crippen molar-refractivity contribution in [3.8, 4) is 5.75 Å². The molecule has 0 bridgehead atoms. The van der Waals surface area contributed by atoms with E-state index in [1.165, 1.54) is 11.3 Å². The van der Waals surface area contributed by atoms with Gasteiger partial charge in [-0.25, -0.2) is 0 Å². The second kappa shape index (κ2) is 8.28. The van der Waals surface area contributed by atoms with Crippen molar-refractivity contribution in [3.05, 3.63) is 23.8 Å². The summed E-state index contributed by atoms with van der Waals surface area (Å²) in [5.74, 6) is 0.0322.